The van der Waals surface area contributed by atoms with E-state index in [1.54, 1.807) is 0 Å². The van der Waals surface area contributed by atoms with Crippen molar-refractivity contribution in [1.82, 2.24) is 10.2 Å². The van der Waals surface area contributed by atoms with Crippen LogP contribution in [0.2, 0.25) is 0 Å². The first-order chi connectivity index (χ1) is 7.03. The summed E-state index contributed by atoms with van der Waals surface area (Å²) in [7, 11) is 0. The maximum absolute atomic E-state index is 9.52. The quantitative estimate of drug-likeness (QED) is 0.596. The molecule has 0 saturated heterocycles. The molecular weight excluding hydrogens is 188 g/mol. The van der Waals surface area contributed by atoms with Gasteiger partial charge in [-0.1, -0.05) is 6.92 Å². The minimum atomic E-state index is -0.534. The Morgan fingerprint density at radius 1 is 1.33 bits per heavy atom. The van der Waals surface area contributed by atoms with Crippen LogP contribution in [-0.4, -0.2) is 47.8 Å². The number of hydrogen-bond acceptors (Lipinski definition) is 3. The SMILES string of the molecule is CCN(CCNCCC(C)(C)O)C1CC1. The Labute approximate surface area is 93.9 Å². The minimum Gasteiger partial charge on any atom is -0.390 e. The van der Waals surface area contributed by atoms with Gasteiger partial charge in [-0.25, -0.2) is 0 Å². The molecule has 0 atom stereocenters. The van der Waals surface area contributed by atoms with Crippen molar-refractivity contribution in [3.63, 3.8) is 0 Å². The molecule has 0 unspecified atom stereocenters. The molecular formula is C12H26N2O. The van der Waals surface area contributed by atoms with Gasteiger partial charge in [0.25, 0.3) is 0 Å². The van der Waals surface area contributed by atoms with Gasteiger partial charge in [0.05, 0.1) is 5.60 Å². The summed E-state index contributed by atoms with van der Waals surface area (Å²) in [5.41, 5.74) is -0.534. The van der Waals surface area contributed by atoms with Crippen molar-refractivity contribution in [2.75, 3.05) is 26.2 Å². The van der Waals surface area contributed by atoms with Gasteiger partial charge < -0.3 is 10.4 Å². The van der Waals surface area contributed by atoms with Gasteiger partial charge in [-0.15, -0.1) is 0 Å². The second kappa shape index (κ2) is 5.83. The van der Waals surface area contributed by atoms with Crippen LogP contribution in [0.25, 0.3) is 0 Å². The molecule has 0 aliphatic heterocycles. The van der Waals surface area contributed by atoms with Gasteiger partial charge in [-0.3, -0.25) is 4.90 Å². The van der Waals surface area contributed by atoms with Gasteiger partial charge in [0, 0.05) is 19.1 Å². The second-order valence-electron chi connectivity index (χ2n) is 5.17. The lowest BCUT2D eigenvalue weighted by Crippen LogP contribution is -2.35. The molecule has 1 fully saturated rings. The monoisotopic (exact) mass is 214 g/mol. The molecule has 0 radical (unpaired) electrons. The molecule has 0 aromatic rings. The van der Waals surface area contributed by atoms with Crippen molar-refractivity contribution in [3.05, 3.63) is 0 Å². The van der Waals surface area contributed by atoms with E-state index in [-0.39, 0.29) is 0 Å². The number of rotatable bonds is 8. The molecule has 0 amide bonds. The zero-order valence-electron chi connectivity index (χ0n) is 10.4. The molecule has 0 aromatic carbocycles. The number of hydrogen-bond donors (Lipinski definition) is 2. The number of likely N-dealkylation sites (N-methyl/N-ethyl adjacent to an activating group) is 1. The molecule has 15 heavy (non-hydrogen) atoms. The molecule has 3 heteroatoms. The molecule has 0 spiro atoms. The number of nitrogens with one attached hydrogen (secondary N) is 1. The third-order valence-electron chi connectivity index (χ3n) is 2.96. The van der Waals surface area contributed by atoms with Crippen molar-refractivity contribution in [2.24, 2.45) is 0 Å². The molecule has 90 valence electrons. The van der Waals surface area contributed by atoms with Crippen molar-refractivity contribution in [3.8, 4) is 0 Å². The highest BCUT2D eigenvalue weighted by molar-refractivity contribution is 4.84. The lowest BCUT2D eigenvalue weighted by atomic mass is 10.1. The van der Waals surface area contributed by atoms with E-state index in [9.17, 15) is 5.11 Å². The fourth-order valence-corrected chi connectivity index (χ4v) is 1.78. The fourth-order valence-electron chi connectivity index (χ4n) is 1.78. The van der Waals surface area contributed by atoms with Crippen LogP contribution in [-0.2, 0) is 0 Å². The van der Waals surface area contributed by atoms with E-state index in [4.69, 9.17) is 0 Å². The second-order valence-corrected chi connectivity index (χ2v) is 5.17. The topological polar surface area (TPSA) is 35.5 Å². The predicted molar refractivity (Wildman–Crippen MR) is 64.1 cm³/mol. The Hall–Kier alpha value is -0.120. The third-order valence-corrected chi connectivity index (χ3v) is 2.96. The van der Waals surface area contributed by atoms with Crippen LogP contribution in [0.1, 0.15) is 40.0 Å². The zero-order chi connectivity index (χ0) is 11.3. The van der Waals surface area contributed by atoms with E-state index < -0.39 is 5.60 Å². The van der Waals surface area contributed by atoms with Gasteiger partial charge >= 0.3 is 0 Å². The molecule has 1 aliphatic carbocycles. The Bertz CT molecular complexity index is 173. The number of aliphatic hydroxyl groups is 1. The predicted octanol–water partition coefficient (Wildman–Crippen LogP) is 1.22. The standard InChI is InChI=1S/C12H26N2O/c1-4-14(11-5-6-11)10-9-13-8-7-12(2,3)15/h11,13,15H,4-10H2,1-3H3. The third kappa shape index (κ3) is 6.13. The maximum atomic E-state index is 9.52. The lowest BCUT2D eigenvalue weighted by molar-refractivity contribution is 0.0710. The first-order valence-electron chi connectivity index (χ1n) is 6.20. The van der Waals surface area contributed by atoms with E-state index in [1.807, 2.05) is 13.8 Å². The summed E-state index contributed by atoms with van der Waals surface area (Å²) in [4.78, 5) is 2.54. The summed E-state index contributed by atoms with van der Waals surface area (Å²) in [6.07, 6.45) is 3.59. The van der Waals surface area contributed by atoms with Crippen LogP contribution in [0.3, 0.4) is 0 Å². The van der Waals surface area contributed by atoms with Gasteiger partial charge in [0.1, 0.15) is 0 Å². The van der Waals surface area contributed by atoms with Crippen molar-refractivity contribution >= 4 is 0 Å². The zero-order valence-corrected chi connectivity index (χ0v) is 10.4. The average Bonchev–Trinajstić information content (AvgIpc) is 2.92. The van der Waals surface area contributed by atoms with Crippen LogP contribution < -0.4 is 5.32 Å². The highest BCUT2D eigenvalue weighted by Gasteiger charge is 2.26. The summed E-state index contributed by atoms with van der Waals surface area (Å²) in [5, 5.41) is 12.9. The summed E-state index contributed by atoms with van der Waals surface area (Å²) in [6.45, 7) is 10.2. The summed E-state index contributed by atoms with van der Waals surface area (Å²) in [5.74, 6) is 0. The van der Waals surface area contributed by atoms with Gasteiger partial charge in [0.15, 0.2) is 0 Å². The summed E-state index contributed by atoms with van der Waals surface area (Å²) < 4.78 is 0. The number of nitrogens with zero attached hydrogens (tertiary/aromatic N) is 1. The van der Waals surface area contributed by atoms with E-state index in [1.165, 1.54) is 12.8 Å². The Morgan fingerprint density at radius 2 is 2.00 bits per heavy atom. The molecule has 0 bridgehead atoms. The smallest absolute Gasteiger partial charge is 0.0603 e. The van der Waals surface area contributed by atoms with Gasteiger partial charge in [-0.2, -0.15) is 0 Å². The molecule has 1 aliphatic rings. The van der Waals surface area contributed by atoms with Crippen molar-refractivity contribution < 1.29 is 5.11 Å². The Morgan fingerprint density at radius 3 is 2.47 bits per heavy atom. The van der Waals surface area contributed by atoms with Gasteiger partial charge in [-0.05, 0) is 46.2 Å². The van der Waals surface area contributed by atoms with E-state index in [0.29, 0.717) is 0 Å². The van der Waals surface area contributed by atoms with E-state index in [2.05, 4.69) is 17.1 Å². The molecule has 3 nitrogen and oxygen atoms in total. The lowest BCUT2D eigenvalue weighted by Gasteiger charge is -2.21. The molecule has 1 rings (SSSR count). The largest absolute Gasteiger partial charge is 0.390 e. The van der Waals surface area contributed by atoms with E-state index in [0.717, 1.165) is 38.6 Å². The Balaban J connectivity index is 1.96. The van der Waals surface area contributed by atoms with Crippen LogP contribution in [0.5, 0.6) is 0 Å². The fraction of sp³-hybridized carbons (Fsp3) is 1.00. The Kier molecular flexibility index (Phi) is 5.03. The highest BCUT2D eigenvalue weighted by atomic mass is 16.3. The van der Waals surface area contributed by atoms with Gasteiger partial charge in [0.2, 0.25) is 0 Å². The van der Waals surface area contributed by atoms with Crippen LogP contribution in [0, 0.1) is 0 Å². The van der Waals surface area contributed by atoms with Crippen molar-refractivity contribution in [2.45, 2.75) is 51.7 Å². The van der Waals surface area contributed by atoms with E-state index >= 15 is 0 Å². The van der Waals surface area contributed by atoms with Crippen molar-refractivity contribution in [1.29, 1.82) is 0 Å². The molecule has 0 aromatic heterocycles. The average molecular weight is 214 g/mol. The summed E-state index contributed by atoms with van der Waals surface area (Å²) in [6, 6.07) is 0.867. The first-order valence-corrected chi connectivity index (χ1v) is 6.20. The van der Waals surface area contributed by atoms with Crippen LogP contribution >= 0.6 is 0 Å². The molecule has 1 saturated carbocycles. The van der Waals surface area contributed by atoms with Crippen LogP contribution in [0.15, 0.2) is 0 Å². The highest BCUT2D eigenvalue weighted by Crippen LogP contribution is 2.25. The molecule has 2 N–H and O–H groups in total. The maximum Gasteiger partial charge on any atom is 0.0603 e. The normalized spacial score (nSPS) is 17.4. The summed E-state index contributed by atoms with van der Waals surface area (Å²) >= 11 is 0. The minimum absolute atomic E-state index is 0.534. The molecule has 0 heterocycles. The van der Waals surface area contributed by atoms with Crippen LogP contribution in [0.4, 0.5) is 0 Å². The first kappa shape index (κ1) is 12.9.